The lowest BCUT2D eigenvalue weighted by atomic mass is 10.2. The summed E-state index contributed by atoms with van der Waals surface area (Å²) in [4.78, 5) is 14.0. The topological polar surface area (TPSA) is 57.7 Å². The van der Waals surface area contributed by atoms with Gasteiger partial charge >= 0.3 is 0 Å². The van der Waals surface area contributed by atoms with Gasteiger partial charge in [-0.15, -0.1) is 0 Å². The Bertz CT molecular complexity index is 605. The second-order valence-corrected chi connectivity index (χ2v) is 7.35. The van der Waals surface area contributed by atoms with Gasteiger partial charge in [-0.2, -0.15) is 4.31 Å². The Morgan fingerprint density at radius 1 is 1.10 bits per heavy atom. The maximum absolute atomic E-state index is 12.4. The van der Waals surface area contributed by atoms with Gasteiger partial charge in [0.2, 0.25) is 10.0 Å². The zero-order valence-corrected chi connectivity index (χ0v) is 13.2. The molecule has 0 saturated carbocycles. The van der Waals surface area contributed by atoms with Crippen LogP contribution in [0.5, 0.6) is 0 Å². The third kappa shape index (κ3) is 3.25. The highest BCUT2D eigenvalue weighted by atomic mass is 35.5. The Hall–Kier alpha value is -0.820. The molecule has 0 bridgehead atoms. The molecule has 1 amide bonds. The van der Waals surface area contributed by atoms with Gasteiger partial charge in [0.15, 0.2) is 0 Å². The Labute approximate surface area is 128 Å². The number of nitrogens with zero attached hydrogens (tertiary/aromatic N) is 2. The fraction of sp³-hybridized carbons (Fsp3) is 0.417. The zero-order chi connectivity index (χ0) is 14.9. The molecule has 1 aliphatic rings. The van der Waals surface area contributed by atoms with Gasteiger partial charge in [0.1, 0.15) is 0 Å². The van der Waals surface area contributed by atoms with Gasteiger partial charge in [-0.3, -0.25) is 4.79 Å². The zero-order valence-electron chi connectivity index (χ0n) is 10.8. The van der Waals surface area contributed by atoms with E-state index in [4.69, 9.17) is 23.2 Å². The summed E-state index contributed by atoms with van der Waals surface area (Å²) in [6.45, 7) is 1.22. The normalized spacial score (nSPS) is 17.2. The summed E-state index contributed by atoms with van der Waals surface area (Å²) in [5.41, 5.74) is 0.267. The quantitative estimate of drug-likeness (QED) is 0.826. The lowest BCUT2D eigenvalue weighted by molar-refractivity contribution is 0.0698. The van der Waals surface area contributed by atoms with E-state index in [-0.39, 0.29) is 24.6 Å². The molecule has 110 valence electrons. The number of rotatable bonds is 2. The molecule has 2 rings (SSSR count). The second kappa shape index (κ2) is 5.89. The molecule has 1 aromatic carbocycles. The molecule has 0 aromatic heterocycles. The lowest BCUT2D eigenvalue weighted by Crippen LogP contribution is -2.50. The van der Waals surface area contributed by atoms with Crippen molar-refractivity contribution in [2.45, 2.75) is 0 Å². The first-order chi connectivity index (χ1) is 9.30. The largest absolute Gasteiger partial charge is 0.336 e. The molecule has 1 saturated heterocycles. The minimum Gasteiger partial charge on any atom is -0.336 e. The minimum absolute atomic E-state index is 0.267. The van der Waals surface area contributed by atoms with E-state index < -0.39 is 10.0 Å². The molecule has 5 nitrogen and oxygen atoms in total. The highest BCUT2D eigenvalue weighted by Gasteiger charge is 2.28. The number of hydrogen-bond donors (Lipinski definition) is 0. The maximum atomic E-state index is 12.4. The molecule has 20 heavy (non-hydrogen) atoms. The smallest absolute Gasteiger partial charge is 0.256 e. The van der Waals surface area contributed by atoms with Crippen LogP contribution < -0.4 is 0 Å². The van der Waals surface area contributed by atoms with Crippen molar-refractivity contribution in [1.29, 1.82) is 0 Å². The monoisotopic (exact) mass is 336 g/mol. The molecule has 0 N–H and O–H groups in total. The van der Waals surface area contributed by atoms with Crippen LogP contribution in [0.1, 0.15) is 10.4 Å². The van der Waals surface area contributed by atoms with Crippen molar-refractivity contribution >= 4 is 39.1 Å². The van der Waals surface area contributed by atoms with Gasteiger partial charge in [0.05, 0.1) is 21.9 Å². The van der Waals surface area contributed by atoms with Crippen LogP contribution in [0.25, 0.3) is 0 Å². The van der Waals surface area contributed by atoms with Gasteiger partial charge in [0.25, 0.3) is 5.91 Å². The number of amides is 1. The van der Waals surface area contributed by atoms with Crippen molar-refractivity contribution < 1.29 is 13.2 Å². The highest BCUT2D eigenvalue weighted by Crippen LogP contribution is 2.26. The van der Waals surface area contributed by atoms with E-state index >= 15 is 0 Å². The average Bonchev–Trinajstić information content (AvgIpc) is 2.37. The van der Waals surface area contributed by atoms with Crippen molar-refractivity contribution in [2.75, 3.05) is 32.4 Å². The van der Waals surface area contributed by atoms with Gasteiger partial charge in [-0.25, -0.2) is 8.42 Å². The summed E-state index contributed by atoms with van der Waals surface area (Å²) in [5.74, 6) is -0.270. The van der Waals surface area contributed by atoms with Crippen LogP contribution in [0, 0.1) is 0 Å². The number of benzene rings is 1. The number of carbonyl (C=O) groups excluding carboxylic acids is 1. The van der Waals surface area contributed by atoms with E-state index in [0.717, 1.165) is 6.26 Å². The molecular weight excluding hydrogens is 323 g/mol. The predicted octanol–water partition coefficient (Wildman–Crippen LogP) is 1.71. The number of carbonyl (C=O) groups is 1. The molecular formula is C12H14Cl2N2O3S. The van der Waals surface area contributed by atoms with Gasteiger partial charge in [-0.1, -0.05) is 29.3 Å². The summed E-state index contributed by atoms with van der Waals surface area (Å²) >= 11 is 12.0. The molecule has 0 radical (unpaired) electrons. The van der Waals surface area contributed by atoms with Crippen LogP contribution in [0.2, 0.25) is 10.0 Å². The van der Waals surface area contributed by atoms with E-state index in [1.165, 1.54) is 4.31 Å². The van der Waals surface area contributed by atoms with E-state index in [0.29, 0.717) is 23.1 Å². The van der Waals surface area contributed by atoms with Crippen molar-refractivity contribution in [3.05, 3.63) is 33.8 Å². The Kier molecular flexibility index (Phi) is 4.59. The number of sulfonamides is 1. The van der Waals surface area contributed by atoms with Crippen LogP contribution >= 0.6 is 23.2 Å². The minimum atomic E-state index is -3.21. The lowest BCUT2D eigenvalue weighted by Gasteiger charge is -2.33. The van der Waals surface area contributed by atoms with Crippen LogP contribution in [0.4, 0.5) is 0 Å². The summed E-state index contributed by atoms with van der Waals surface area (Å²) in [7, 11) is -3.21. The van der Waals surface area contributed by atoms with Crippen molar-refractivity contribution in [3.63, 3.8) is 0 Å². The summed E-state index contributed by atoms with van der Waals surface area (Å²) in [6, 6.07) is 4.88. The molecule has 1 heterocycles. The van der Waals surface area contributed by atoms with E-state index in [1.54, 1.807) is 23.1 Å². The van der Waals surface area contributed by atoms with Gasteiger partial charge in [0, 0.05) is 26.2 Å². The SMILES string of the molecule is CS(=O)(=O)N1CCN(C(=O)c2c(Cl)cccc2Cl)CC1. The third-order valence-electron chi connectivity index (χ3n) is 3.17. The van der Waals surface area contributed by atoms with Gasteiger partial charge in [-0.05, 0) is 12.1 Å². The van der Waals surface area contributed by atoms with Crippen LogP contribution in [0.3, 0.4) is 0 Å². The average molecular weight is 337 g/mol. The second-order valence-electron chi connectivity index (χ2n) is 4.55. The first-order valence-electron chi connectivity index (χ1n) is 5.99. The predicted molar refractivity (Wildman–Crippen MR) is 78.8 cm³/mol. The molecule has 1 aliphatic heterocycles. The van der Waals surface area contributed by atoms with Crippen molar-refractivity contribution in [3.8, 4) is 0 Å². The molecule has 0 spiro atoms. The number of halogens is 2. The standard InChI is InChI=1S/C12H14Cl2N2O3S/c1-20(18,19)16-7-5-15(6-8-16)12(17)11-9(13)3-2-4-10(11)14/h2-4H,5-8H2,1H3. The Morgan fingerprint density at radius 2 is 1.60 bits per heavy atom. The Morgan fingerprint density at radius 3 is 2.05 bits per heavy atom. The first-order valence-corrected chi connectivity index (χ1v) is 8.59. The fourth-order valence-corrected chi connectivity index (χ4v) is 3.47. The number of piperazine rings is 1. The number of hydrogen-bond acceptors (Lipinski definition) is 3. The molecule has 0 atom stereocenters. The van der Waals surface area contributed by atoms with E-state index in [9.17, 15) is 13.2 Å². The molecule has 0 aliphatic carbocycles. The fourth-order valence-electron chi connectivity index (χ4n) is 2.08. The first kappa shape index (κ1) is 15.6. The molecule has 1 aromatic rings. The van der Waals surface area contributed by atoms with Crippen molar-refractivity contribution in [1.82, 2.24) is 9.21 Å². The molecule has 1 fully saturated rings. The third-order valence-corrected chi connectivity index (χ3v) is 5.10. The maximum Gasteiger partial charge on any atom is 0.256 e. The van der Waals surface area contributed by atoms with Crippen LogP contribution in [-0.2, 0) is 10.0 Å². The Balaban J connectivity index is 2.13. The van der Waals surface area contributed by atoms with Crippen LogP contribution in [0.15, 0.2) is 18.2 Å². The van der Waals surface area contributed by atoms with E-state index in [1.807, 2.05) is 0 Å². The van der Waals surface area contributed by atoms with Crippen LogP contribution in [-0.4, -0.2) is 56.0 Å². The molecule has 8 heteroatoms. The molecule has 0 unspecified atom stereocenters. The van der Waals surface area contributed by atoms with Gasteiger partial charge < -0.3 is 4.90 Å². The van der Waals surface area contributed by atoms with Crippen molar-refractivity contribution in [2.24, 2.45) is 0 Å². The summed E-state index contributed by atoms with van der Waals surface area (Å²) in [6.07, 6.45) is 1.16. The van der Waals surface area contributed by atoms with E-state index in [2.05, 4.69) is 0 Å². The summed E-state index contributed by atoms with van der Waals surface area (Å²) < 4.78 is 24.2. The summed E-state index contributed by atoms with van der Waals surface area (Å²) in [5, 5.41) is 0.598. The highest BCUT2D eigenvalue weighted by molar-refractivity contribution is 7.88.